The van der Waals surface area contributed by atoms with Crippen molar-refractivity contribution in [3.05, 3.63) is 105 Å². The minimum Gasteiger partial charge on any atom is -0.423 e. The van der Waals surface area contributed by atoms with Gasteiger partial charge < -0.3 is 30.5 Å². The van der Waals surface area contributed by atoms with E-state index in [0.29, 0.717) is 11.3 Å². The Kier molecular flexibility index (Phi) is 20.4. The van der Waals surface area contributed by atoms with Gasteiger partial charge in [-0.2, -0.15) is 0 Å². The van der Waals surface area contributed by atoms with Crippen LogP contribution in [0, 0.1) is 0 Å². The van der Waals surface area contributed by atoms with E-state index in [0.717, 1.165) is 104 Å². The monoisotopic (exact) mass is 923 g/mol. The Morgan fingerprint density at radius 1 is 0.556 bits per heavy atom. The number of para-hydroxylation sites is 3. The summed E-state index contributed by atoms with van der Waals surface area (Å²) < 4.78 is 3.01. The zero-order valence-corrected chi connectivity index (χ0v) is 36.9. The normalized spacial score (nSPS) is 10.7. The largest absolute Gasteiger partial charge is 0.489 e. The number of hydrogen-bond donors (Lipinski definition) is 4. The molecule has 9 nitrogen and oxygen atoms in total. The average Bonchev–Trinajstić information content (AvgIpc) is 3.19. The summed E-state index contributed by atoms with van der Waals surface area (Å²) in [6, 6.07) is 29.3. The van der Waals surface area contributed by atoms with E-state index in [1.807, 2.05) is 92.7 Å². The number of pyridine rings is 3. The van der Waals surface area contributed by atoms with Gasteiger partial charge >= 0.3 is 7.12 Å². The number of halogens is 3. The maximum atomic E-state index is 9.53. The van der Waals surface area contributed by atoms with Crippen LogP contribution in [0.3, 0.4) is 0 Å². The first-order valence-electron chi connectivity index (χ1n) is 18.6. The smallest absolute Gasteiger partial charge is 0.423 e. The summed E-state index contributed by atoms with van der Waals surface area (Å²) in [7, 11) is -1.50. The maximum absolute atomic E-state index is 9.53. The number of likely N-dealkylation sites (N-methyl/N-ethyl adjacent to an activating group) is 2. The summed E-state index contributed by atoms with van der Waals surface area (Å²) in [5.74, 6) is 1.60. The highest BCUT2D eigenvalue weighted by molar-refractivity contribution is 9.11. The summed E-state index contributed by atoms with van der Waals surface area (Å²) in [4.78, 5) is 18.2. The van der Waals surface area contributed by atoms with Gasteiger partial charge in [-0.25, -0.2) is 15.0 Å². The molecule has 3 aromatic heterocycles. The average molecular weight is 926 g/mol. The fourth-order valence-corrected chi connectivity index (χ4v) is 7.43. The third kappa shape index (κ3) is 13.8. The van der Waals surface area contributed by atoms with Crippen LogP contribution in [0.4, 0.5) is 11.6 Å². The molecule has 0 aliphatic heterocycles. The van der Waals surface area contributed by atoms with E-state index in [4.69, 9.17) is 0 Å². The van der Waals surface area contributed by atoms with Gasteiger partial charge in [0.15, 0.2) is 0 Å². The molecule has 6 aromatic rings. The molecule has 13 heteroatoms. The molecule has 0 amide bonds. The van der Waals surface area contributed by atoms with Crippen molar-refractivity contribution in [1.29, 1.82) is 0 Å². The molecule has 0 bridgehead atoms. The van der Waals surface area contributed by atoms with E-state index in [-0.39, 0.29) is 0 Å². The van der Waals surface area contributed by atoms with Gasteiger partial charge in [-0.1, -0.05) is 96.1 Å². The van der Waals surface area contributed by atoms with E-state index in [1.54, 1.807) is 6.07 Å². The summed E-state index contributed by atoms with van der Waals surface area (Å²) in [5, 5.41) is 28.8. The van der Waals surface area contributed by atoms with E-state index in [2.05, 4.69) is 117 Å². The minimum atomic E-state index is -1.50. The molecular weight excluding hydrogens is 873 g/mol. The third-order valence-corrected chi connectivity index (χ3v) is 10.3. The molecule has 54 heavy (non-hydrogen) atoms. The number of nitrogens with one attached hydrogen (secondary N) is 2. The molecule has 4 N–H and O–H groups in total. The van der Waals surface area contributed by atoms with Crippen molar-refractivity contribution < 1.29 is 10.0 Å². The lowest BCUT2D eigenvalue weighted by Crippen LogP contribution is -2.32. The van der Waals surface area contributed by atoms with Crippen molar-refractivity contribution in [2.45, 2.75) is 41.5 Å². The molecule has 6 rings (SSSR count). The number of anilines is 2. The zero-order chi connectivity index (χ0) is 39.5. The number of hydrogen-bond acceptors (Lipinski definition) is 9. The molecule has 3 heterocycles. The van der Waals surface area contributed by atoms with Crippen LogP contribution < -0.4 is 16.1 Å². The van der Waals surface area contributed by atoms with Gasteiger partial charge in [0, 0.05) is 51.3 Å². The van der Waals surface area contributed by atoms with Crippen LogP contribution in [0.15, 0.2) is 105 Å². The Morgan fingerprint density at radius 3 is 1.41 bits per heavy atom. The lowest BCUT2D eigenvalue weighted by Gasteiger charge is -2.18. The van der Waals surface area contributed by atoms with Crippen LogP contribution in [0.5, 0.6) is 0 Å². The first-order valence-corrected chi connectivity index (χ1v) is 21.0. The quantitative estimate of drug-likeness (QED) is 0.0667. The van der Waals surface area contributed by atoms with Crippen LogP contribution in [0.2, 0.25) is 0 Å². The van der Waals surface area contributed by atoms with E-state index < -0.39 is 7.12 Å². The van der Waals surface area contributed by atoms with Gasteiger partial charge in [0.05, 0.1) is 16.6 Å². The second-order valence-electron chi connectivity index (χ2n) is 11.8. The van der Waals surface area contributed by atoms with Crippen molar-refractivity contribution in [3.63, 3.8) is 0 Å². The Morgan fingerprint density at radius 2 is 0.944 bits per heavy atom. The van der Waals surface area contributed by atoms with Crippen molar-refractivity contribution in [3.8, 4) is 0 Å². The molecule has 3 aromatic carbocycles. The van der Waals surface area contributed by atoms with Crippen molar-refractivity contribution in [1.82, 2.24) is 24.8 Å². The molecule has 0 spiro atoms. The molecule has 0 saturated carbocycles. The zero-order valence-electron chi connectivity index (χ0n) is 32.2. The van der Waals surface area contributed by atoms with Crippen LogP contribution in [-0.2, 0) is 0 Å². The fraction of sp³-hybridized carbons (Fsp3) is 0.341. The highest BCUT2D eigenvalue weighted by atomic mass is 79.9. The molecule has 0 radical (unpaired) electrons. The first-order chi connectivity index (χ1) is 26.2. The number of benzene rings is 3. The molecular formula is C41H53BBr3N7O2. The maximum Gasteiger partial charge on any atom is 0.489 e. The standard InChI is InChI=1S/C15H22BN3O2.C15H20BrN3.C9H5Br2N.C2H6/c1-3-19(4-2)10-9-17-15-11-13(16(20)21)12-7-5-6-8-14(12)18-15;1-3-19(4-2)10-9-17-15-11-13(16)12-7-5-6-8-14(12)18-15;10-7-5-9(11)12-8-4-2-1-3-6(7)8;1-2/h5-8,11,20-21H,3-4,9-10H2,1-2H3,(H,17,18);5-8,11H,3-4,9-10H2,1-2H3,(H,17,18);1-5H;1-2H3. The van der Waals surface area contributed by atoms with Gasteiger partial charge in [0.1, 0.15) is 16.2 Å². The topological polar surface area (TPSA) is 110 Å². The van der Waals surface area contributed by atoms with Gasteiger partial charge in [-0.15, -0.1) is 0 Å². The van der Waals surface area contributed by atoms with Crippen molar-refractivity contribution in [2.24, 2.45) is 0 Å². The third-order valence-electron chi connectivity index (χ3n) is 8.58. The van der Waals surface area contributed by atoms with E-state index in [1.165, 1.54) is 0 Å². The second-order valence-corrected chi connectivity index (χ2v) is 14.4. The van der Waals surface area contributed by atoms with E-state index in [9.17, 15) is 10.0 Å². The Bertz CT molecular complexity index is 2010. The predicted molar refractivity (Wildman–Crippen MR) is 242 cm³/mol. The predicted octanol–water partition coefficient (Wildman–Crippen LogP) is 9.21. The van der Waals surface area contributed by atoms with Gasteiger partial charge in [-0.05, 0) is 116 Å². The lowest BCUT2D eigenvalue weighted by molar-refractivity contribution is 0.316. The highest BCUT2D eigenvalue weighted by Crippen LogP contribution is 2.26. The first kappa shape index (κ1) is 45.2. The van der Waals surface area contributed by atoms with Gasteiger partial charge in [-0.3, -0.25) is 0 Å². The SMILES string of the molecule is Brc1cc(Br)c2ccccc2n1.CC.CCN(CC)CCNc1cc(B(O)O)c2ccccc2n1.CCN(CC)CCNc1cc(Br)c2ccccc2n1. The van der Waals surface area contributed by atoms with Crippen LogP contribution in [0.25, 0.3) is 32.7 Å². The second kappa shape index (κ2) is 24.4. The van der Waals surface area contributed by atoms with Crippen molar-refractivity contribution >= 4 is 105 Å². The van der Waals surface area contributed by atoms with Crippen LogP contribution in [0.1, 0.15) is 41.5 Å². The number of nitrogens with zero attached hydrogens (tertiary/aromatic N) is 5. The summed E-state index contributed by atoms with van der Waals surface area (Å²) in [6.07, 6.45) is 0. The van der Waals surface area contributed by atoms with Gasteiger partial charge in [0.2, 0.25) is 0 Å². The fourth-order valence-electron chi connectivity index (χ4n) is 5.60. The molecule has 0 aliphatic rings. The minimum absolute atomic E-state index is 0.478. The molecule has 0 saturated heterocycles. The molecule has 0 fully saturated rings. The van der Waals surface area contributed by atoms with Gasteiger partial charge in [0.25, 0.3) is 0 Å². The van der Waals surface area contributed by atoms with Crippen LogP contribution in [-0.4, -0.2) is 94.3 Å². The summed E-state index contributed by atoms with van der Waals surface area (Å²) in [5.41, 5.74) is 3.25. The van der Waals surface area contributed by atoms with Crippen molar-refractivity contribution in [2.75, 3.05) is 63.0 Å². The number of fused-ring (bicyclic) bond motifs is 3. The van der Waals surface area contributed by atoms with E-state index >= 15 is 0 Å². The summed E-state index contributed by atoms with van der Waals surface area (Å²) in [6.45, 7) is 20.5. The molecule has 288 valence electrons. The molecule has 0 atom stereocenters. The molecule has 0 aliphatic carbocycles. The molecule has 0 unspecified atom stereocenters. The lowest BCUT2D eigenvalue weighted by atomic mass is 9.78. The number of aromatic nitrogens is 3. The number of rotatable bonds is 13. The Balaban J connectivity index is 0.000000219. The Labute approximate surface area is 346 Å². The van der Waals surface area contributed by atoms with Crippen LogP contribution >= 0.6 is 47.8 Å². The summed E-state index contributed by atoms with van der Waals surface area (Å²) >= 11 is 10.4. The highest BCUT2D eigenvalue weighted by Gasteiger charge is 2.16. The Hall–Kier alpha value is -3.17.